The third kappa shape index (κ3) is 2.58. The molecular formula is C16H12ClN3O2. The summed E-state index contributed by atoms with van der Waals surface area (Å²) >= 11 is 5.89. The van der Waals surface area contributed by atoms with E-state index >= 15 is 0 Å². The van der Waals surface area contributed by atoms with E-state index in [1.54, 1.807) is 30.5 Å². The number of hydrogen-bond donors (Lipinski definition) is 2. The molecule has 0 aliphatic carbocycles. The molecule has 0 radical (unpaired) electrons. The van der Waals surface area contributed by atoms with E-state index in [9.17, 15) is 9.59 Å². The molecule has 1 aromatic carbocycles. The van der Waals surface area contributed by atoms with E-state index in [0.29, 0.717) is 21.7 Å². The Balaban J connectivity index is 2.01. The van der Waals surface area contributed by atoms with Gasteiger partial charge >= 0.3 is 0 Å². The van der Waals surface area contributed by atoms with Gasteiger partial charge in [0.1, 0.15) is 11.4 Å². The summed E-state index contributed by atoms with van der Waals surface area (Å²) < 4.78 is 0. The molecule has 3 rings (SSSR count). The molecule has 6 heteroatoms. The van der Waals surface area contributed by atoms with E-state index in [1.165, 1.54) is 6.20 Å². The summed E-state index contributed by atoms with van der Waals surface area (Å²) in [5, 5.41) is 3.58. The zero-order valence-electron chi connectivity index (χ0n) is 11.7. The number of nitrogens with zero attached hydrogens (tertiary/aromatic N) is 1. The lowest BCUT2D eigenvalue weighted by molar-refractivity contribution is 0.102. The van der Waals surface area contributed by atoms with Gasteiger partial charge in [0, 0.05) is 22.8 Å². The Morgan fingerprint density at radius 1 is 1.32 bits per heavy atom. The van der Waals surface area contributed by atoms with Crippen molar-refractivity contribution in [2.24, 2.45) is 0 Å². The number of rotatable bonds is 2. The van der Waals surface area contributed by atoms with Crippen molar-refractivity contribution < 1.29 is 4.79 Å². The van der Waals surface area contributed by atoms with Crippen LogP contribution in [0, 0.1) is 6.92 Å². The van der Waals surface area contributed by atoms with Gasteiger partial charge in [-0.2, -0.15) is 0 Å². The first-order chi connectivity index (χ1) is 10.6. The van der Waals surface area contributed by atoms with Gasteiger partial charge in [-0.15, -0.1) is 0 Å². The van der Waals surface area contributed by atoms with Gasteiger partial charge in [-0.1, -0.05) is 17.7 Å². The summed E-state index contributed by atoms with van der Waals surface area (Å²) in [5.41, 5.74) is 1.08. The first kappa shape index (κ1) is 14.3. The minimum atomic E-state index is -0.500. The number of aryl methyl sites for hydroxylation is 1. The van der Waals surface area contributed by atoms with Gasteiger partial charge < -0.3 is 10.3 Å². The highest BCUT2D eigenvalue weighted by molar-refractivity contribution is 6.31. The number of amides is 1. The zero-order valence-corrected chi connectivity index (χ0v) is 12.4. The Morgan fingerprint density at radius 2 is 2.14 bits per heavy atom. The number of aromatic amines is 1. The molecule has 0 aliphatic rings. The first-order valence-corrected chi connectivity index (χ1v) is 6.98. The van der Waals surface area contributed by atoms with Crippen molar-refractivity contribution in [2.75, 3.05) is 5.32 Å². The van der Waals surface area contributed by atoms with Crippen LogP contribution in [0.25, 0.3) is 10.9 Å². The number of halogens is 1. The monoisotopic (exact) mass is 313 g/mol. The Hall–Kier alpha value is -2.66. The SMILES string of the molecule is Cc1cccnc1NC(=O)c1c[nH]c2cc(Cl)ccc2c1=O. The van der Waals surface area contributed by atoms with Gasteiger partial charge in [0.15, 0.2) is 0 Å². The van der Waals surface area contributed by atoms with Crippen LogP contribution in [0.15, 0.2) is 47.5 Å². The molecule has 0 bridgehead atoms. The molecule has 110 valence electrons. The fourth-order valence-corrected chi connectivity index (χ4v) is 2.33. The second-order valence-corrected chi connectivity index (χ2v) is 5.28. The predicted octanol–water partition coefficient (Wildman–Crippen LogP) is 3.14. The van der Waals surface area contributed by atoms with Gasteiger partial charge in [-0.25, -0.2) is 4.98 Å². The van der Waals surface area contributed by atoms with E-state index in [-0.39, 0.29) is 11.0 Å². The molecule has 0 saturated carbocycles. The highest BCUT2D eigenvalue weighted by atomic mass is 35.5. The van der Waals surface area contributed by atoms with Crippen LogP contribution in [0.5, 0.6) is 0 Å². The molecular weight excluding hydrogens is 302 g/mol. The van der Waals surface area contributed by atoms with Crippen LogP contribution >= 0.6 is 11.6 Å². The fraction of sp³-hybridized carbons (Fsp3) is 0.0625. The summed E-state index contributed by atoms with van der Waals surface area (Å²) in [6.45, 7) is 1.83. The molecule has 2 aromatic heterocycles. The Morgan fingerprint density at radius 3 is 2.91 bits per heavy atom. The van der Waals surface area contributed by atoms with Crippen molar-refractivity contribution in [1.29, 1.82) is 0 Å². The maximum absolute atomic E-state index is 12.4. The highest BCUT2D eigenvalue weighted by Gasteiger charge is 2.14. The van der Waals surface area contributed by atoms with E-state index in [0.717, 1.165) is 5.56 Å². The third-order valence-corrected chi connectivity index (χ3v) is 3.56. The van der Waals surface area contributed by atoms with Crippen LogP contribution < -0.4 is 10.7 Å². The standard InChI is InChI=1S/C16H12ClN3O2/c1-9-3-2-6-18-15(9)20-16(22)12-8-19-13-7-10(17)4-5-11(13)14(12)21/h2-8H,1H3,(H,19,21)(H,18,20,22). The molecule has 3 aromatic rings. The van der Waals surface area contributed by atoms with Crippen molar-refractivity contribution in [3.05, 3.63) is 69.1 Å². The van der Waals surface area contributed by atoms with Crippen molar-refractivity contribution in [3.8, 4) is 0 Å². The average Bonchev–Trinajstić information content (AvgIpc) is 2.49. The second-order valence-electron chi connectivity index (χ2n) is 4.84. The minimum absolute atomic E-state index is 0.0277. The second kappa shape index (κ2) is 5.61. The van der Waals surface area contributed by atoms with E-state index in [2.05, 4.69) is 15.3 Å². The molecule has 0 spiro atoms. The van der Waals surface area contributed by atoms with Crippen LogP contribution in [0.2, 0.25) is 5.02 Å². The molecule has 2 heterocycles. The van der Waals surface area contributed by atoms with Crippen LogP contribution in [-0.4, -0.2) is 15.9 Å². The van der Waals surface area contributed by atoms with Crippen molar-refractivity contribution in [3.63, 3.8) is 0 Å². The van der Waals surface area contributed by atoms with E-state index in [1.807, 2.05) is 13.0 Å². The summed E-state index contributed by atoms with van der Waals surface area (Å²) in [6.07, 6.45) is 2.96. The van der Waals surface area contributed by atoms with Crippen LogP contribution in [0.1, 0.15) is 15.9 Å². The normalized spacial score (nSPS) is 10.6. The van der Waals surface area contributed by atoms with Crippen molar-refractivity contribution in [1.82, 2.24) is 9.97 Å². The topological polar surface area (TPSA) is 74.8 Å². The lowest BCUT2D eigenvalue weighted by Gasteiger charge is -2.07. The quantitative estimate of drug-likeness (QED) is 0.763. The molecule has 0 fully saturated rings. The number of carbonyl (C=O) groups is 1. The number of carbonyl (C=O) groups excluding carboxylic acids is 1. The number of H-pyrrole nitrogens is 1. The Kier molecular flexibility index (Phi) is 3.65. The summed E-state index contributed by atoms with van der Waals surface area (Å²) in [5.74, 6) is -0.0667. The third-order valence-electron chi connectivity index (χ3n) is 3.33. The molecule has 2 N–H and O–H groups in total. The number of fused-ring (bicyclic) bond motifs is 1. The Labute approximate surface area is 131 Å². The van der Waals surface area contributed by atoms with Gasteiger partial charge in [0.25, 0.3) is 5.91 Å². The van der Waals surface area contributed by atoms with Crippen molar-refractivity contribution >= 4 is 34.2 Å². The molecule has 0 aliphatic heterocycles. The number of anilines is 1. The van der Waals surface area contributed by atoms with Gasteiger partial charge in [0.2, 0.25) is 5.43 Å². The average molecular weight is 314 g/mol. The minimum Gasteiger partial charge on any atom is -0.360 e. The molecule has 5 nitrogen and oxygen atoms in total. The van der Waals surface area contributed by atoms with E-state index in [4.69, 9.17) is 11.6 Å². The molecule has 0 saturated heterocycles. The molecule has 0 atom stereocenters. The smallest absolute Gasteiger partial charge is 0.262 e. The molecule has 22 heavy (non-hydrogen) atoms. The van der Waals surface area contributed by atoms with Gasteiger partial charge in [-0.3, -0.25) is 9.59 Å². The van der Waals surface area contributed by atoms with Crippen LogP contribution in [0.4, 0.5) is 5.82 Å². The number of pyridine rings is 2. The lowest BCUT2D eigenvalue weighted by Crippen LogP contribution is -2.22. The predicted molar refractivity (Wildman–Crippen MR) is 86.5 cm³/mol. The Bertz CT molecular complexity index is 934. The number of hydrogen-bond acceptors (Lipinski definition) is 3. The van der Waals surface area contributed by atoms with Crippen molar-refractivity contribution in [2.45, 2.75) is 6.92 Å². The number of aromatic nitrogens is 2. The summed E-state index contributed by atoms with van der Waals surface area (Å²) in [6, 6.07) is 8.46. The number of benzene rings is 1. The van der Waals surface area contributed by atoms with Gasteiger partial charge in [-0.05, 0) is 36.8 Å². The molecule has 0 unspecified atom stereocenters. The number of nitrogens with one attached hydrogen (secondary N) is 2. The molecule has 1 amide bonds. The van der Waals surface area contributed by atoms with Crippen LogP contribution in [0.3, 0.4) is 0 Å². The maximum Gasteiger partial charge on any atom is 0.262 e. The summed E-state index contributed by atoms with van der Waals surface area (Å²) in [4.78, 5) is 31.7. The van der Waals surface area contributed by atoms with Crippen LogP contribution in [-0.2, 0) is 0 Å². The summed E-state index contributed by atoms with van der Waals surface area (Å²) in [7, 11) is 0. The largest absolute Gasteiger partial charge is 0.360 e. The van der Waals surface area contributed by atoms with Gasteiger partial charge in [0.05, 0.1) is 5.52 Å². The highest BCUT2D eigenvalue weighted by Crippen LogP contribution is 2.16. The maximum atomic E-state index is 12.4. The first-order valence-electron chi connectivity index (χ1n) is 6.60. The van der Waals surface area contributed by atoms with E-state index < -0.39 is 5.91 Å². The lowest BCUT2D eigenvalue weighted by atomic mass is 10.1. The zero-order chi connectivity index (χ0) is 15.7. The fourth-order valence-electron chi connectivity index (χ4n) is 2.15.